The van der Waals surface area contributed by atoms with Crippen LogP contribution in [-0.4, -0.2) is 25.7 Å². The van der Waals surface area contributed by atoms with Crippen LogP contribution in [0.1, 0.15) is 17.5 Å². The summed E-state index contributed by atoms with van der Waals surface area (Å²) in [4.78, 5) is 5.44. The first-order valence-corrected chi connectivity index (χ1v) is 9.07. The first kappa shape index (κ1) is 16.1. The van der Waals surface area contributed by atoms with E-state index in [-0.39, 0.29) is 11.6 Å². The van der Waals surface area contributed by atoms with Crippen LogP contribution in [0.15, 0.2) is 24.3 Å². The Balaban J connectivity index is 2.09. The Labute approximate surface area is 128 Å². The average Bonchev–Trinajstić information content (AvgIpc) is 2.80. The van der Waals surface area contributed by atoms with Crippen LogP contribution in [-0.2, 0) is 16.4 Å². The van der Waals surface area contributed by atoms with Crippen LogP contribution in [0, 0.1) is 12.7 Å². The third-order valence-corrected chi connectivity index (χ3v) is 5.69. The van der Waals surface area contributed by atoms with Gasteiger partial charge in [0.15, 0.2) is 0 Å². The van der Waals surface area contributed by atoms with Crippen molar-refractivity contribution in [1.82, 2.24) is 9.71 Å². The molecule has 0 fully saturated rings. The Morgan fingerprint density at radius 2 is 2.14 bits per heavy atom. The van der Waals surface area contributed by atoms with Crippen molar-refractivity contribution in [2.75, 3.05) is 12.3 Å². The van der Waals surface area contributed by atoms with Gasteiger partial charge in [-0.15, -0.1) is 11.3 Å². The maximum atomic E-state index is 13.2. The summed E-state index contributed by atoms with van der Waals surface area (Å²) < 4.78 is 38.5. The molecular formula is C14H17FN2O2S2. The second-order valence-corrected chi connectivity index (χ2v) is 7.76. The predicted octanol–water partition coefficient (Wildman–Crippen LogP) is 2.74. The lowest BCUT2D eigenvalue weighted by Gasteiger charge is -2.02. The van der Waals surface area contributed by atoms with Crippen molar-refractivity contribution in [3.05, 3.63) is 40.7 Å². The van der Waals surface area contributed by atoms with E-state index < -0.39 is 10.0 Å². The van der Waals surface area contributed by atoms with Crippen molar-refractivity contribution in [3.63, 3.8) is 0 Å². The van der Waals surface area contributed by atoms with E-state index in [0.717, 1.165) is 21.1 Å². The molecule has 0 aliphatic carbocycles. The minimum absolute atomic E-state index is 0.0726. The first-order valence-electron chi connectivity index (χ1n) is 6.61. The molecular weight excluding hydrogens is 311 g/mol. The number of nitrogens with one attached hydrogen (secondary N) is 1. The van der Waals surface area contributed by atoms with E-state index in [1.54, 1.807) is 13.0 Å². The van der Waals surface area contributed by atoms with Gasteiger partial charge in [0.1, 0.15) is 10.8 Å². The second-order valence-electron chi connectivity index (χ2n) is 4.59. The molecule has 0 spiro atoms. The molecule has 0 aliphatic rings. The van der Waals surface area contributed by atoms with Crippen molar-refractivity contribution >= 4 is 21.4 Å². The number of rotatable bonds is 6. The molecule has 0 aliphatic heterocycles. The van der Waals surface area contributed by atoms with Crippen molar-refractivity contribution in [3.8, 4) is 10.6 Å². The minimum Gasteiger partial charge on any atom is -0.241 e. The minimum atomic E-state index is -3.17. The summed E-state index contributed by atoms with van der Waals surface area (Å²) in [6, 6.07) is 6.30. The third kappa shape index (κ3) is 4.33. The van der Waals surface area contributed by atoms with Crippen LogP contribution in [0.25, 0.3) is 10.6 Å². The van der Waals surface area contributed by atoms with Crippen molar-refractivity contribution in [2.24, 2.45) is 0 Å². The summed E-state index contributed by atoms with van der Waals surface area (Å²) in [5.41, 5.74) is 1.60. The van der Waals surface area contributed by atoms with Gasteiger partial charge in [0.25, 0.3) is 0 Å². The van der Waals surface area contributed by atoms with Crippen LogP contribution in [0.2, 0.25) is 0 Å². The molecule has 114 valence electrons. The Bertz CT molecular complexity index is 726. The lowest BCUT2D eigenvalue weighted by molar-refractivity contribution is 0.583. The fourth-order valence-electron chi connectivity index (χ4n) is 1.83. The highest BCUT2D eigenvalue weighted by molar-refractivity contribution is 7.89. The Morgan fingerprint density at radius 1 is 1.38 bits per heavy atom. The van der Waals surface area contributed by atoms with Crippen LogP contribution < -0.4 is 4.72 Å². The average molecular weight is 328 g/mol. The van der Waals surface area contributed by atoms with E-state index in [2.05, 4.69) is 9.71 Å². The summed E-state index contributed by atoms with van der Waals surface area (Å²) in [5, 5.41) is 0.750. The Kier molecular flexibility index (Phi) is 5.08. The summed E-state index contributed by atoms with van der Waals surface area (Å²) in [5.74, 6) is -0.221. The first-order chi connectivity index (χ1) is 9.91. The maximum Gasteiger partial charge on any atom is 0.211 e. The molecule has 1 aromatic heterocycles. The molecule has 0 amide bonds. The Morgan fingerprint density at radius 3 is 2.81 bits per heavy atom. The molecule has 0 unspecified atom stereocenters. The topological polar surface area (TPSA) is 59.1 Å². The highest BCUT2D eigenvalue weighted by atomic mass is 32.2. The molecule has 7 heteroatoms. The SMILES string of the molecule is CCS(=O)(=O)NCCc1sc(-c2cccc(F)c2)nc1C. The largest absolute Gasteiger partial charge is 0.241 e. The lowest BCUT2D eigenvalue weighted by atomic mass is 10.2. The summed E-state index contributed by atoms with van der Waals surface area (Å²) in [6.07, 6.45) is 0.581. The van der Waals surface area contributed by atoms with Gasteiger partial charge in [-0.3, -0.25) is 0 Å². The monoisotopic (exact) mass is 328 g/mol. The summed E-state index contributed by atoms with van der Waals surface area (Å²) in [7, 11) is -3.17. The maximum absolute atomic E-state index is 13.2. The molecule has 1 aromatic carbocycles. The smallest absolute Gasteiger partial charge is 0.211 e. The molecule has 0 radical (unpaired) electrons. The molecule has 1 N–H and O–H groups in total. The molecule has 21 heavy (non-hydrogen) atoms. The third-order valence-electron chi connectivity index (χ3n) is 3.02. The predicted molar refractivity (Wildman–Crippen MR) is 83.4 cm³/mol. The zero-order chi connectivity index (χ0) is 15.5. The number of halogens is 1. The number of nitrogens with zero attached hydrogens (tertiary/aromatic N) is 1. The summed E-state index contributed by atoms with van der Waals surface area (Å²) >= 11 is 1.47. The zero-order valence-electron chi connectivity index (χ0n) is 11.9. The quantitative estimate of drug-likeness (QED) is 0.887. The van der Waals surface area contributed by atoms with Crippen molar-refractivity contribution in [1.29, 1.82) is 0 Å². The van der Waals surface area contributed by atoms with E-state index >= 15 is 0 Å². The van der Waals surface area contributed by atoms with Crippen LogP contribution in [0.5, 0.6) is 0 Å². The summed E-state index contributed by atoms with van der Waals surface area (Å²) in [6.45, 7) is 3.83. The number of sulfonamides is 1. The van der Waals surface area contributed by atoms with E-state index in [1.165, 1.54) is 23.5 Å². The van der Waals surface area contributed by atoms with Gasteiger partial charge in [-0.05, 0) is 32.4 Å². The number of aryl methyl sites for hydroxylation is 1. The fourth-order valence-corrected chi connectivity index (χ4v) is 3.50. The van der Waals surface area contributed by atoms with Gasteiger partial charge < -0.3 is 0 Å². The molecule has 0 bridgehead atoms. The van der Waals surface area contributed by atoms with Gasteiger partial charge in [0.05, 0.1) is 11.4 Å². The number of hydrogen-bond donors (Lipinski definition) is 1. The second kappa shape index (κ2) is 6.64. The normalized spacial score (nSPS) is 11.8. The van der Waals surface area contributed by atoms with E-state index in [0.29, 0.717) is 13.0 Å². The van der Waals surface area contributed by atoms with Gasteiger partial charge in [0, 0.05) is 17.0 Å². The van der Waals surface area contributed by atoms with E-state index in [1.807, 2.05) is 13.0 Å². The molecule has 1 heterocycles. The van der Waals surface area contributed by atoms with Crippen molar-refractivity contribution in [2.45, 2.75) is 20.3 Å². The van der Waals surface area contributed by atoms with Crippen molar-refractivity contribution < 1.29 is 12.8 Å². The zero-order valence-corrected chi connectivity index (χ0v) is 13.5. The van der Waals surface area contributed by atoms with E-state index in [4.69, 9.17) is 0 Å². The molecule has 4 nitrogen and oxygen atoms in total. The van der Waals surface area contributed by atoms with Gasteiger partial charge in [0.2, 0.25) is 10.0 Å². The number of hydrogen-bond acceptors (Lipinski definition) is 4. The van der Waals surface area contributed by atoms with E-state index in [9.17, 15) is 12.8 Å². The number of aromatic nitrogens is 1. The van der Waals surface area contributed by atoms with Crippen LogP contribution in [0.3, 0.4) is 0 Å². The highest BCUT2D eigenvalue weighted by Gasteiger charge is 2.11. The van der Waals surface area contributed by atoms with Gasteiger partial charge in [-0.1, -0.05) is 12.1 Å². The Hall–Kier alpha value is -1.31. The number of thiazole rings is 1. The molecule has 2 aromatic rings. The standard InChI is InChI=1S/C14H17FN2O2S2/c1-3-21(18,19)16-8-7-13-10(2)17-14(20-13)11-5-4-6-12(15)9-11/h4-6,9,16H,3,7-8H2,1-2H3. The number of benzene rings is 1. The molecule has 0 saturated heterocycles. The van der Waals surface area contributed by atoms with Gasteiger partial charge in [-0.25, -0.2) is 22.5 Å². The lowest BCUT2D eigenvalue weighted by Crippen LogP contribution is -2.27. The van der Waals surface area contributed by atoms with Crippen LogP contribution >= 0.6 is 11.3 Å². The van der Waals surface area contributed by atoms with Gasteiger partial charge >= 0.3 is 0 Å². The molecule has 0 atom stereocenters. The fraction of sp³-hybridized carbons (Fsp3) is 0.357. The molecule has 2 rings (SSSR count). The van der Waals surface area contributed by atoms with Gasteiger partial charge in [-0.2, -0.15) is 0 Å². The van der Waals surface area contributed by atoms with Crippen LogP contribution in [0.4, 0.5) is 4.39 Å². The molecule has 0 saturated carbocycles. The highest BCUT2D eigenvalue weighted by Crippen LogP contribution is 2.28.